The third-order valence-corrected chi connectivity index (χ3v) is 7.57. The normalized spacial score (nSPS) is 20.8. The van der Waals surface area contributed by atoms with E-state index in [1.165, 1.54) is 17.0 Å². The van der Waals surface area contributed by atoms with E-state index in [2.05, 4.69) is 86.6 Å². The van der Waals surface area contributed by atoms with Crippen LogP contribution in [0, 0.1) is 0 Å². The Labute approximate surface area is 161 Å². The molecule has 1 aliphatic rings. The Bertz CT molecular complexity index is 637. The minimum Gasteiger partial charge on any atom is -0.317 e. The Morgan fingerprint density at radius 2 is 1.88 bits per heavy atom. The second-order valence-electron chi connectivity index (χ2n) is 7.48. The van der Waals surface area contributed by atoms with E-state index < -0.39 is 8.37 Å². The van der Waals surface area contributed by atoms with Crippen LogP contribution in [0.4, 0.5) is 0 Å². The molecule has 1 aliphatic heterocycles. The van der Waals surface area contributed by atoms with Crippen LogP contribution in [0.5, 0.6) is 0 Å². The van der Waals surface area contributed by atoms with Crippen LogP contribution in [0.3, 0.4) is 0 Å². The molecule has 0 radical (unpaired) electrons. The molecule has 2 rings (SSSR count). The molecule has 0 N–H and O–H groups in total. The van der Waals surface area contributed by atoms with Gasteiger partial charge in [-0.25, -0.2) is 0 Å². The summed E-state index contributed by atoms with van der Waals surface area (Å²) in [6, 6.07) is 8.50. The van der Waals surface area contributed by atoms with E-state index >= 15 is 0 Å². The van der Waals surface area contributed by atoms with Crippen molar-refractivity contribution in [3.63, 3.8) is 0 Å². The first-order chi connectivity index (χ1) is 12.3. The lowest BCUT2D eigenvalue weighted by molar-refractivity contribution is 0.392. The van der Waals surface area contributed by atoms with Gasteiger partial charge in [0, 0.05) is 33.1 Å². The summed E-state index contributed by atoms with van der Waals surface area (Å²) in [6.45, 7) is 16.1. The van der Waals surface area contributed by atoms with Crippen molar-refractivity contribution in [1.82, 2.24) is 14.0 Å². The fourth-order valence-electron chi connectivity index (χ4n) is 3.61. The quantitative estimate of drug-likeness (QED) is 0.635. The van der Waals surface area contributed by atoms with Crippen molar-refractivity contribution in [3.8, 4) is 0 Å². The van der Waals surface area contributed by atoms with Gasteiger partial charge in [-0.2, -0.15) is 0 Å². The summed E-state index contributed by atoms with van der Waals surface area (Å²) in [4.78, 5) is 5.23. The molecule has 5 heteroatoms. The van der Waals surface area contributed by atoms with E-state index in [1.54, 1.807) is 0 Å². The Morgan fingerprint density at radius 3 is 2.50 bits per heavy atom. The molecular formula is C21H35N4P. The molecule has 1 fully saturated rings. The summed E-state index contributed by atoms with van der Waals surface area (Å²) >= 11 is 0. The number of hydrogen-bond donors (Lipinski definition) is 0. The molecule has 1 atom stereocenters. The van der Waals surface area contributed by atoms with Gasteiger partial charge in [0.1, 0.15) is 14.2 Å². The van der Waals surface area contributed by atoms with Crippen molar-refractivity contribution in [2.24, 2.45) is 4.99 Å². The molecule has 0 bridgehead atoms. The number of benzene rings is 1. The molecule has 1 heterocycles. The standard InChI is InChI=1S/C21H35N4P/c1-8-18-13-11-12-14-19(18)17-21(4,5)22-20-15-16-23(6)26(24(20)7)25(9-2)10-3/h8,11-14H,1,9-10,15-17H2,2-7H3. The Morgan fingerprint density at radius 1 is 1.23 bits per heavy atom. The average Bonchev–Trinajstić information content (AvgIpc) is 2.61. The van der Waals surface area contributed by atoms with Gasteiger partial charge in [-0.15, -0.1) is 0 Å². The minimum absolute atomic E-state index is 0.136. The molecule has 1 saturated heterocycles. The van der Waals surface area contributed by atoms with Crippen LogP contribution in [0.25, 0.3) is 6.08 Å². The molecule has 144 valence electrons. The predicted octanol–water partition coefficient (Wildman–Crippen LogP) is 4.89. The molecule has 0 aromatic heterocycles. The van der Waals surface area contributed by atoms with E-state index in [-0.39, 0.29) is 5.54 Å². The number of rotatable bonds is 7. The lowest BCUT2D eigenvalue weighted by Gasteiger charge is -2.46. The SMILES string of the molecule is C=Cc1ccccc1CC(C)(C)N=C1CCN(C)P(N(CC)CC)N1C. The van der Waals surface area contributed by atoms with E-state index in [9.17, 15) is 0 Å². The summed E-state index contributed by atoms with van der Waals surface area (Å²) in [6.07, 6.45) is 3.88. The third kappa shape index (κ3) is 4.94. The fraction of sp³-hybridized carbons (Fsp3) is 0.571. The number of hydrogen-bond acceptors (Lipinski definition) is 3. The van der Waals surface area contributed by atoms with E-state index in [0.29, 0.717) is 0 Å². The highest BCUT2D eigenvalue weighted by Crippen LogP contribution is 2.49. The van der Waals surface area contributed by atoms with E-state index in [4.69, 9.17) is 4.99 Å². The van der Waals surface area contributed by atoms with Crippen LogP contribution in [0.2, 0.25) is 0 Å². The minimum atomic E-state index is -0.466. The van der Waals surface area contributed by atoms with Gasteiger partial charge in [0.05, 0.1) is 5.54 Å². The molecule has 1 unspecified atom stereocenters. The first kappa shape index (κ1) is 21.1. The van der Waals surface area contributed by atoms with Gasteiger partial charge in [0.25, 0.3) is 0 Å². The van der Waals surface area contributed by atoms with Crippen LogP contribution in [0.15, 0.2) is 35.8 Å². The number of nitrogens with zero attached hydrogens (tertiary/aromatic N) is 4. The molecule has 0 amide bonds. The summed E-state index contributed by atoms with van der Waals surface area (Å²) in [7, 11) is 3.99. The van der Waals surface area contributed by atoms with Gasteiger partial charge in [0.2, 0.25) is 0 Å². The zero-order valence-electron chi connectivity index (χ0n) is 17.4. The maximum atomic E-state index is 5.23. The van der Waals surface area contributed by atoms with E-state index in [1.807, 2.05) is 6.08 Å². The molecular weight excluding hydrogens is 339 g/mol. The second kappa shape index (κ2) is 9.12. The molecule has 0 aliphatic carbocycles. The number of aliphatic imine (C=N–C) groups is 1. The molecule has 1 aromatic rings. The maximum absolute atomic E-state index is 5.23. The van der Waals surface area contributed by atoms with Crippen LogP contribution < -0.4 is 0 Å². The van der Waals surface area contributed by atoms with Gasteiger partial charge < -0.3 is 4.67 Å². The topological polar surface area (TPSA) is 22.1 Å². The first-order valence-electron chi connectivity index (χ1n) is 9.61. The van der Waals surface area contributed by atoms with Gasteiger partial charge in [-0.05, 0) is 38.4 Å². The summed E-state index contributed by atoms with van der Waals surface area (Å²) in [5, 5.41) is 0. The van der Waals surface area contributed by atoms with Crippen molar-refractivity contribution in [2.45, 2.75) is 46.1 Å². The summed E-state index contributed by atoms with van der Waals surface area (Å²) < 4.78 is 7.46. The lowest BCUT2D eigenvalue weighted by Crippen LogP contribution is -2.44. The molecule has 26 heavy (non-hydrogen) atoms. The van der Waals surface area contributed by atoms with Crippen LogP contribution in [0.1, 0.15) is 45.2 Å². The van der Waals surface area contributed by atoms with Gasteiger partial charge >= 0.3 is 0 Å². The first-order valence-corrected chi connectivity index (χ1v) is 10.8. The monoisotopic (exact) mass is 374 g/mol. The molecule has 0 spiro atoms. The summed E-state index contributed by atoms with van der Waals surface area (Å²) in [5.41, 5.74) is 2.39. The highest BCUT2D eigenvalue weighted by molar-refractivity contribution is 7.51. The molecule has 1 aromatic carbocycles. The zero-order valence-corrected chi connectivity index (χ0v) is 18.3. The van der Waals surface area contributed by atoms with Crippen LogP contribution in [-0.2, 0) is 6.42 Å². The van der Waals surface area contributed by atoms with Crippen molar-refractivity contribution >= 4 is 20.3 Å². The van der Waals surface area contributed by atoms with Crippen molar-refractivity contribution in [1.29, 1.82) is 0 Å². The largest absolute Gasteiger partial charge is 0.317 e. The second-order valence-corrected chi connectivity index (χ2v) is 9.87. The Kier molecular flexibility index (Phi) is 7.40. The summed E-state index contributed by atoms with van der Waals surface area (Å²) in [5.74, 6) is 1.24. The third-order valence-electron chi connectivity index (χ3n) is 4.92. The average molecular weight is 375 g/mol. The highest BCUT2D eigenvalue weighted by atomic mass is 31.2. The maximum Gasteiger partial charge on any atom is 0.149 e. The Balaban J connectivity index is 2.24. The smallest absolute Gasteiger partial charge is 0.149 e. The lowest BCUT2D eigenvalue weighted by atomic mass is 9.92. The van der Waals surface area contributed by atoms with Crippen LogP contribution >= 0.6 is 8.37 Å². The number of amidine groups is 1. The van der Waals surface area contributed by atoms with Gasteiger partial charge in [-0.3, -0.25) is 14.3 Å². The predicted molar refractivity (Wildman–Crippen MR) is 117 cm³/mol. The van der Waals surface area contributed by atoms with Crippen molar-refractivity contribution in [3.05, 3.63) is 42.0 Å². The molecule has 0 saturated carbocycles. The van der Waals surface area contributed by atoms with Gasteiger partial charge in [-0.1, -0.05) is 50.8 Å². The van der Waals surface area contributed by atoms with Gasteiger partial charge in [0.15, 0.2) is 0 Å². The van der Waals surface area contributed by atoms with Crippen molar-refractivity contribution < 1.29 is 0 Å². The van der Waals surface area contributed by atoms with E-state index in [0.717, 1.165) is 32.5 Å². The fourth-order valence-corrected chi connectivity index (χ4v) is 6.01. The molecule has 4 nitrogen and oxygen atoms in total. The zero-order chi connectivity index (χ0) is 19.3. The Hall–Kier alpha value is -1.22. The van der Waals surface area contributed by atoms with Crippen molar-refractivity contribution in [2.75, 3.05) is 33.7 Å². The van der Waals surface area contributed by atoms with Crippen LogP contribution in [-0.4, -0.2) is 59.1 Å². The highest BCUT2D eigenvalue weighted by Gasteiger charge is 2.33.